The number of nitrogens with one attached hydrogen (secondary N) is 1. The number of aromatic nitrogens is 2. The second-order valence-electron chi connectivity index (χ2n) is 6.45. The second kappa shape index (κ2) is 7.26. The summed E-state index contributed by atoms with van der Waals surface area (Å²) in [7, 11) is 0. The molecule has 0 radical (unpaired) electrons. The number of fused-ring (bicyclic) bond motifs is 1. The Bertz CT molecular complexity index is 1190. The Balaban J connectivity index is 2.10. The monoisotopic (exact) mass is 411 g/mol. The molecule has 1 aromatic heterocycles. The number of alkyl halides is 3. The molecule has 1 amide bonds. The minimum absolute atomic E-state index is 0.0148. The van der Waals surface area contributed by atoms with Crippen molar-refractivity contribution in [2.75, 3.05) is 5.32 Å². The Morgan fingerprint density at radius 3 is 2.41 bits per heavy atom. The SMILES string of the molecule is Cc1cc2nc(C(F)(F)F)c(=O)n(CC(=O)Nc3cc(F)ccc3F)c2cc1C. The Labute approximate surface area is 160 Å². The number of aryl methyl sites for hydroxylation is 2. The van der Waals surface area contributed by atoms with Crippen LogP contribution in [-0.4, -0.2) is 15.5 Å². The fourth-order valence-corrected chi connectivity index (χ4v) is 2.77. The van der Waals surface area contributed by atoms with Crippen LogP contribution >= 0.6 is 0 Å². The number of halogens is 5. The third-order valence-electron chi connectivity index (χ3n) is 4.33. The molecule has 0 aliphatic heterocycles. The van der Waals surface area contributed by atoms with E-state index in [2.05, 4.69) is 10.3 Å². The topological polar surface area (TPSA) is 64.0 Å². The third kappa shape index (κ3) is 4.10. The van der Waals surface area contributed by atoms with E-state index in [1.54, 1.807) is 13.8 Å². The van der Waals surface area contributed by atoms with E-state index < -0.39 is 47.2 Å². The second-order valence-corrected chi connectivity index (χ2v) is 6.45. The Morgan fingerprint density at radius 2 is 1.76 bits per heavy atom. The quantitative estimate of drug-likeness (QED) is 0.664. The first-order valence-corrected chi connectivity index (χ1v) is 8.31. The zero-order chi connectivity index (χ0) is 21.5. The molecule has 5 nitrogen and oxygen atoms in total. The van der Waals surface area contributed by atoms with E-state index in [9.17, 15) is 31.5 Å². The van der Waals surface area contributed by atoms with Gasteiger partial charge in [0.25, 0.3) is 5.56 Å². The van der Waals surface area contributed by atoms with Crippen molar-refractivity contribution in [2.45, 2.75) is 26.6 Å². The molecule has 152 valence electrons. The van der Waals surface area contributed by atoms with E-state index >= 15 is 0 Å². The number of carbonyl (C=O) groups is 1. The minimum Gasteiger partial charge on any atom is -0.322 e. The summed E-state index contributed by atoms with van der Waals surface area (Å²) in [4.78, 5) is 28.1. The van der Waals surface area contributed by atoms with Gasteiger partial charge in [0.1, 0.15) is 18.2 Å². The van der Waals surface area contributed by atoms with E-state index in [1.807, 2.05) is 0 Å². The van der Waals surface area contributed by atoms with Crippen LogP contribution in [0.4, 0.5) is 27.6 Å². The average molecular weight is 411 g/mol. The summed E-state index contributed by atoms with van der Waals surface area (Å²) in [6.45, 7) is 2.50. The highest BCUT2D eigenvalue weighted by atomic mass is 19.4. The normalized spacial score (nSPS) is 11.7. The zero-order valence-electron chi connectivity index (χ0n) is 15.2. The largest absolute Gasteiger partial charge is 0.438 e. The molecule has 0 aliphatic carbocycles. The highest BCUT2D eigenvalue weighted by Crippen LogP contribution is 2.27. The van der Waals surface area contributed by atoms with Crippen molar-refractivity contribution in [2.24, 2.45) is 0 Å². The van der Waals surface area contributed by atoms with Gasteiger partial charge in [0.2, 0.25) is 11.6 Å². The molecule has 0 spiro atoms. The molecule has 2 aromatic carbocycles. The van der Waals surface area contributed by atoms with Gasteiger partial charge in [-0.15, -0.1) is 0 Å². The Hall–Kier alpha value is -3.30. The molecular formula is C19H14F5N3O2. The van der Waals surface area contributed by atoms with E-state index in [-0.39, 0.29) is 11.0 Å². The van der Waals surface area contributed by atoms with Crippen LogP contribution in [0.3, 0.4) is 0 Å². The van der Waals surface area contributed by atoms with Crippen molar-refractivity contribution < 1.29 is 26.7 Å². The molecular weight excluding hydrogens is 397 g/mol. The van der Waals surface area contributed by atoms with E-state index in [1.165, 1.54) is 12.1 Å². The van der Waals surface area contributed by atoms with Crippen LogP contribution in [0.25, 0.3) is 11.0 Å². The van der Waals surface area contributed by atoms with E-state index in [0.717, 1.165) is 18.2 Å². The summed E-state index contributed by atoms with van der Waals surface area (Å²) in [5.74, 6) is -2.76. The fourth-order valence-electron chi connectivity index (χ4n) is 2.77. The standard InChI is InChI=1S/C19H14F5N3O2/c1-9-5-14-15(6-10(9)2)27(18(29)17(26-14)19(22,23)24)8-16(28)25-13-7-11(20)3-4-12(13)21/h3-7H,8H2,1-2H3,(H,25,28). The van der Waals surface area contributed by atoms with E-state index in [4.69, 9.17) is 0 Å². The zero-order valence-corrected chi connectivity index (χ0v) is 15.2. The lowest BCUT2D eigenvalue weighted by Gasteiger charge is -2.15. The number of nitrogens with zero attached hydrogens (tertiary/aromatic N) is 2. The van der Waals surface area contributed by atoms with Crippen LogP contribution in [-0.2, 0) is 17.5 Å². The molecule has 0 unspecified atom stereocenters. The predicted molar refractivity (Wildman–Crippen MR) is 95.5 cm³/mol. The van der Waals surface area contributed by atoms with Gasteiger partial charge in [0.05, 0.1) is 16.7 Å². The van der Waals surface area contributed by atoms with Gasteiger partial charge in [-0.05, 0) is 49.2 Å². The molecule has 0 bridgehead atoms. The van der Waals surface area contributed by atoms with Crippen molar-refractivity contribution in [1.82, 2.24) is 9.55 Å². The first-order valence-electron chi connectivity index (χ1n) is 8.31. The molecule has 0 saturated heterocycles. The van der Waals surface area contributed by atoms with Crippen molar-refractivity contribution in [1.29, 1.82) is 0 Å². The van der Waals surface area contributed by atoms with Gasteiger partial charge in [-0.3, -0.25) is 14.2 Å². The number of anilines is 1. The average Bonchev–Trinajstić information content (AvgIpc) is 2.61. The van der Waals surface area contributed by atoms with Gasteiger partial charge >= 0.3 is 6.18 Å². The van der Waals surface area contributed by atoms with Gasteiger partial charge < -0.3 is 5.32 Å². The number of rotatable bonds is 3. The van der Waals surface area contributed by atoms with Crippen LogP contribution in [0.1, 0.15) is 16.8 Å². The molecule has 1 heterocycles. The van der Waals surface area contributed by atoms with Gasteiger partial charge in [-0.25, -0.2) is 13.8 Å². The molecule has 0 saturated carbocycles. The highest BCUT2D eigenvalue weighted by molar-refractivity contribution is 5.91. The van der Waals surface area contributed by atoms with Crippen molar-refractivity contribution in [3.8, 4) is 0 Å². The summed E-state index contributed by atoms with van der Waals surface area (Å²) in [5, 5.41) is 2.06. The van der Waals surface area contributed by atoms with Crippen molar-refractivity contribution in [3.05, 3.63) is 69.1 Å². The number of benzene rings is 2. The molecule has 1 N–H and O–H groups in total. The molecule has 0 fully saturated rings. The molecule has 0 aliphatic rings. The van der Waals surface area contributed by atoms with Crippen LogP contribution in [0.5, 0.6) is 0 Å². The maximum Gasteiger partial charge on any atom is 0.438 e. The van der Waals surface area contributed by atoms with Gasteiger partial charge in [0, 0.05) is 6.07 Å². The Morgan fingerprint density at radius 1 is 1.10 bits per heavy atom. The number of hydrogen-bond donors (Lipinski definition) is 1. The van der Waals surface area contributed by atoms with Crippen LogP contribution in [0.2, 0.25) is 0 Å². The first kappa shape index (κ1) is 20.4. The number of amides is 1. The lowest BCUT2D eigenvalue weighted by atomic mass is 10.1. The number of hydrogen-bond acceptors (Lipinski definition) is 3. The number of carbonyl (C=O) groups excluding carboxylic acids is 1. The Kier molecular flexibility index (Phi) is 5.12. The fraction of sp³-hybridized carbons (Fsp3) is 0.211. The summed E-state index contributed by atoms with van der Waals surface area (Å²) in [6, 6.07) is 5.16. The summed E-state index contributed by atoms with van der Waals surface area (Å²) < 4.78 is 67.3. The van der Waals surface area contributed by atoms with Crippen molar-refractivity contribution >= 4 is 22.6 Å². The molecule has 0 atom stereocenters. The maximum atomic E-state index is 13.7. The summed E-state index contributed by atoms with van der Waals surface area (Å²) >= 11 is 0. The summed E-state index contributed by atoms with van der Waals surface area (Å²) in [5.41, 5.74) is -2.46. The predicted octanol–water partition coefficient (Wildman–Crippen LogP) is 3.95. The van der Waals surface area contributed by atoms with Gasteiger partial charge in [0.15, 0.2) is 0 Å². The van der Waals surface area contributed by atoms with Gasteiger partial charge in [-0.1, -0.05) is 0 Å². The highest BCUT2D eigenvalue weighted by Gasteiger charge is 2.37. The minimum atomic E-state index is -5.03. The lowest BCUT2D eigenvalue weighted by Crippen LogP contribution is -2.34. The third-order valence-corrected chi connectivity index (χ3v) is 4.33. The molecule has 10 heteroatoms. The van der Waals surface area contributed by atoms with Gasteiger partial charge in [-0.2, -0.15) is 13.2 Å². The summed E-state index contributed by atoms with van der Waals surface area (Å²) in [6.07, 6.45) is -5.03. The van der Waals surface area contributed by atoms with Crippen molar-refractivity contribution in [3.63, 3.8) is 0 Å². The molecule has 29 heavy (non-hydrogen) atoms. The lowest BCUT2D eigenvalue weighted by molar-refractivity contribution is -0.142. The maximum absolute atomic E-state index is 13.7. The molecule has 3 rings (SSSR count). The van der Waals surface area contributed by atoms with E-state index in [0.29, 0.717) is 15.7 Å². The van der Waals surface area contributed by atoms with Crippen LogP contribution < -0.4 is 10.9 Å². The van der Waals surface area contributed by atoms with Crippen LogP contribution in [0, 0.1) is 25.5 Å². The smallest absolute Gasteiger partial charge is 0.322 e. The molecule has 3 aromatic rings. The first-order chi connectivity index (χ1) is 13.5. The van der Waals surface area contributed by atoms with Crippen LogP contribution in [0.15, 0.2) is 35.1 Å².